The summed E-state index contributed by atoms with van der Waals surface area (Å²) in [5, 5.41) is 9.68. The van der Waals surface area contributed by atoms with Gasteiger partial charge in [-0.1, -0.05) is 60.7 Å². The molecule has 1 heterocycles. The van der Waals surface area contributed by atoms with E-state index in [2.05, 4.69) is 36.4 Å². The van der Waals surface area contributed by atoms with Gasteiger partial charge in [-0.25, -0.2) is 0 Å². The van der Waals surface area contributed by atoms with Gasteiger partial charge in [0.25, 0.3) is 0 Å². The van der Waals surface area contributed by atoms with E-state index in [1.807, 2.05) is 36.4 Å². The molecule has 1 aliphatic heterocycles. The molecule has 26 heavy (non-hydrogen) atoms. The van der Waals surface area contributed by atoms with Crippen molar-refractivity contribution in [2.24, 2.45) is 5.73 Å². The largest absolute Gasteiger partial charge is 0.440 e. The molecule has 2 aromatic carbocycles. The van der Waals surface area contributed by atoms with Crippen LogP contribution >= 0.6 is 0 Å². The first kappa shape index (κ1) is 16.2. The summed E-state index contributed by atoms with van der Waals surface area (Å²) < 4.78 is 5.98. The standard InChI is InChI=1S/C23H20N2O/c24-15-20-21(17-10-5-2-6-11-17)19-13-7-12-18(22(19)26-23(20)25)14-16-8-3-1-4-9-16/h1-6,8-11,14,21H,7,12-13,25H2/b18-14-. The van der Waals surface area contributed by atoms with Gasteiger partial charge in [-0.05, 0) is 47.6 Å². The van der Waals surface area contributed by atoms with E-state index >= 15 is 0 Å². The molecular formula is C23H20N2O. The number of benzene rings is 2. The average Bonchev–Trinajstić information content (AvgIpc) is 2.69. The van der Waals surface area contributed by atoms with Gasteiger partial charge in [0.1, 0.15) is 17.4 Å². The van der Waals surface area contributed by atoms with Gasteiger partial charge in [0.15, 0.2) is 0 Å². The Morgan fingerprint density at radius 1 is 1.00 bits per heavy atom. The molecule has 3 heteroatoms. The zero-order chi connectivity index (χ0) is 17.9. The van der Waals surface area contributed by atoms with Gasteiger partial charge in [-0.2, -0.15) is 5.26 Å². The zero-order valence-electron chi connectivity index (χ0n) is 14.5. The fourth-order valence-electron chi connectivity index (χ4n) is 3.81. The van der Waals surface area contributed by atoms with Crippen LogP contribution in [0, 0.1) is 11.3 Å². The predicted octanol–water partition coefficient (Wildman–Crippen LogP) is 5.02. The molecular weight excluding hydrogens is 320 g/mol. The van der Waals surface area contributed by atoms with Gasteiger partial charge >= 0.3 is 0 Å². The van der Waals surface area contributed by atoms with Crippen LogP contribution in [0.2, 0.25) is 0 Å². The molecule has 0 saturated carbocycles. The first-order valence-corrected chi connectivity index (χ1v) is 8.89. The van der Waals surface area contributed by atoms with E-state index < -0.39 is 0 Å². The molecule has 2 aliphatic rings. The van der Waals surface area contributed by atoms with Crippen molar-refractivity contribution in [3.8, 4) is 6.07 Å². The average molecular weight is 340 g/mol. The second-order valence-corrected chi connectivity index (χ2v) is 6.62. The molecule has 2 N–H and O–H groups in total. The summed E-state index contributed by atoms with van der Waals surface area (Å²) in [6.07, 6.45) is 5.08. The van der Waals surface area contributed by atoms with Crippen molar-refractivity contribution in [1.82, 2.24) is 0 Å². The summed E-state index contributed by atoms with van der Waals surface area (Å²) in [6.45, 7) is 0. The number of hydrogen-bond donors (Lipinski definition) is 1. The summed E-state index contributed by atoms with van der Waals surface area (Å²) in [5.74, 6) is 0.954. The van der Waals surface area contributed by atoms with Crippen LogP contribution in [0.25, 0.3) is 6.08 Å². The van der Waals surface area contributed by atoms with Crippen LogP contribution in [0.4, 0.5) is 0 Å². The lowest BCUT2D eigenvalue weighted by molar-refractivity contribution is 0.277. The van der Waals surface area contributed by atoms with Crippen molar-refractivity contribution in [3.63, 3.8) is 0 Å². The molecule has 0 spiro atoms. The van der Waals surface area contributed by atoms with Crippen molar-refractivity contribution in [3.05, 3.63) is 100 Å². The molecule has 128 valence electrons. The molecule has 4 rings (SSSR count). The van der Waals surface area contributed by atoms with Gasteiger partial charge in [0.2, 0.25) is 5.88 Å². The maximum Gasteiger partial charge on any atom is 0.205 e. The Labute approximate surface area is 153 Å². The normalized spacial score (nSPS) is 21.2. The molecule has 3 nitrogen and oxygen atoms in total. The van der Waals surface area contributed by atoms with Crippen molar-refractivity contribution >= 4 is 6.08 Å². The van der Waals surface area contributed by atoms with Crippen LogP contribution in [0.5, 0.6) is 0 Å². The number of nitrogens with zero attached hydrogens (tertiary/aromatic N) is 1. The third-order valence-corrected chi connectivity index (χ3v) is 4.98. The third-order valence-electron chi connectivity index (χ3n) is 4.98. The number of nitriles is 1. The fourth-order valence-corrected chi connectivity index (χ4v) is 3.81. The van der Waals surface area contributed by atoms with E-state index in [4.69, 9.17) is 10.5 Å². The highest BCUT2D eigenvalue weighted by Crippen LogP contribution is 2.46. The SMILES string of the molecule is N#CC1=C(N)OC2=C(CCC/C2=C/c2ccccc2)C1c1ccccc1. The summed E-state index contributed by atoms with van der Waals surface area (Å²) in [4.78, 5) is 0. The Balaban J connectivity index is 1.84. The topological polar surface area (TPSA) is 59.0 Å². The van der Waals surface area contributed by atoms with Crippen molar-refractivity contribution < 1.29 is 4.74 Å². The lowest BCUT2D eigenvalue weighted by atomic mass is 9.77. The van der Waals surface area contributed by atoms with Gasteiger partial charge in [0.05, 0.1) is 0 Å². The lowest BCUT2D eigenvalue weighted by Gasteiger charge is -2.33. The Morgan fingerprint density at radius 3 is 2.38 bits per heavy atom. The molecule has 0 aromatic heterocycles. The zero-order valence-corrected chi connectivity index (χ0v) is 14.5. The highest BCUT2D eigenvalue weighted by Gasteiger charge is 2.35. The van der Waals surface area contributed by atoms with Crippen LogP contribution in [0.3, 0.4) is 0 Å². The first-order valence-electron chi connectivity index (χ1n) is 8.89. The molecule has 0 radical (unpaired) electrons. The van der Waals surface area contributed by atoms with Crippen LogP contribution in [0.15, 0.2) is 89.0 Å². The number of ether oxygens (including phenoxy) is 1. The Kier molecular flexibility index (Phi) is 4.33. The van der Waals surface area contributed by atoms with Crippen molar-refractivity contribution in [1.29, 1.82) is 5.26 Å². The second kappa shape index (κ2) is 6.93. The molecule has 0 amide bonds. The summed E-state index contributed by atoms with van der Waals surface area (Å²) in [7, 11) is 0. The molecule has 1 atom stereocenters. The number of hydrogen-bond acceptors (Lipinski definition) is 3. The number of nitrogens with two attached hydrogens (primary N) is 1. The van der Waals surface area contributed by atoms with Gasteiger partial charge in [0, 0.05) is 5.92 Å². The summed E-state index contributed by atoms with van der Waals surface area (Å²) in [5.41, 5.74) is 11.2. The Bertz CT molecular complexity index is 947. The maximum atomic E-state index is 9.68. The van der Waals surface area contributed by atoms with E-state index in [0.29, 0.717) is 5.57 Å². The Hall–Kier alpha value is -3.25. The predicted molar refractivity (Wildman–Crippen MR) is 102 cm³/mol. The highest BCUT2D eigenvalue weighted by atomic mass is 16.5. The van der Waals surface area contributed by atoms with Gasteiger partial charge in [-0.3, -0.25) is 0 Å². The minimum absolute atomic E-state index is 0.121. The molecule has 0 fully saturated rings. The number of allylic oxidation sites excluding steroid dienone is 3. The van der Waals surface area contributed by atoms with Crippen LogP contribution in [0.1, 0.15) is 36.3 Å². The van der Waals surface area contributed by atoms with Crippen LogP contribution in [-0.2, 0) is 4.74 Å². The quantitative estimate of drug-likeness (QED) is 0.835. The van der Waals surface area contributed by atoms with Crippen molar-refractivity contribution in [2.45, 2.75) is 25.2 Å². The van der Waals surface area contributed by atoms with E-state index in [1.165, 1.54) is 0 Å². The minimum atomic E-state index is -0.121. The highest BCUT2D eigenvalue weighted by molar-refractivity contribution is 5.62. The molecule has 2 aromatic rings. The first-order chi connectivity index (χ1) is 12.8. The second-order valence-electron chi connectivity index (χ2n) is 6.62. The molecule has 1 aliphatic carbocycles. The van der Waals surface area contributed by atoms with E-state index in [1.54, 1.807) is 0 Å². The maximum absolute atomic E-state index is 9.68. The third kappa shape index (κ3) is 2.91. The Morgan fingerprint density at radius 2 is 1.69 bits per heavy atom. The van der Waals surface area contributed by atoms with Gasteiger partial charge in [-0.15, -0.1) is 0 Å². The summed E-state index contributed by atoms with van der Waals surface area (Å²) in [6, 6.07) is 22.6. The van der Waals surface area contributed by atoms with Crippen LogP contribution < -0.4 is 5.73 Å². The minimum Gasteiger partial charge on any atom is -0.440 e. The molecule has 0 saturated heterocycles. The van der Waals surface area contributed by atoms with Gasteiger partial charge < -0.3 is 10.5 Å². The summed E-state index contributed by atoms with van der Waals surface area (Å²) >= 11 is 0. The number of rotatable bonds is 2. The fraction of sp³-hybridized carbons (Fsp3) is 0.174. The van der Waals surface area contributed by atoms with Crippen molar-refractivity contribution in [2.75, 3.05) is 0 Å². The van der Waals surface area contributed by atoms with E-state index in [-0.39, 0.29) is 11.8 Å². The lowest BCUT2D eigenvalue weighted by Crippen LogP contribution is -2.23. The monoisotopic (exact) mass is 340 g/mol. The van der Waals surface area contributed by atoms with E-state index in [9.17, 15) is 5.26 Å². The van der Waals surface area contributed by atoms with Crippen LogP contribution in [-0.4, -0.2) is 0 Å². The molecule has 0 bridgehead atoms. The smallest absolute Gasteiger partial charge is 0.205 e. The molecule has 1 unspecified atom stereocenters. The van der Waals surface area contributed by atoms with E-state index in [0.717, 1.165) is 47.3 Å².